The van der Waals surface area contributed by atoms with E-state index in [0.29, 0.717) is 12.2 Å². The Labute approximate surface area is 125 Å². The van der Waals surface area contributed by atoms with E-state index in [-0.39, 0.29) is 5.57 Å². The van der Waals surface area contributed by atoms with Crippen LogP contribution in [0.2, 0.25) is 0 Å². The van der Waals surface area contributed by atoms with Crippen LogP contribution in [0.3, 0.4) is 0 Å². The second-order valence-corrected chi connectivity index (χ2v) is 4.69. The predicted octanol–water partition coefficient (Wildman–Crippen LogP) is 2.13. The molecule has 0 amide bonds. The Morgan fingerprint density at radius 1 is 1.10 bits per heavy atom. The third-order valence-corrected chi connectivity index (χ3v) is 2.44. The van der Waals surface area contributed by atoms with Gasteiger partial charge < -0.3 is 19.3 Å². The molecule has 0 spiro atoms. The molecule has 2 saturated heterocycles. The summed E-state index contributed by atoms with van der Waals surface area (Å²) >= 11 is 0. The molecule has 3 rings (SSSR count). The molecule has 1 aromatic carbocycles. The van der Waals surface area contributed by atoms with Crippen LogP contribution in [-0.4, -0.2) is 49.7 Å². The van der Waals surface area contributed by atoms with Crippen LogP contribution in [0, 0.1) is 0 Å². The molecule has 0 saturated carbocycles. The fourth-order valence-electron chi connectivity index (χ4n) is 1.04. The number of carboxylic acid groups (broad SMARTS) is 1. The van der Waals surface area contributed by atoms with Gasteiger partial charge >= 0.3 is 5.97 Å². The molecule has 5 heteroatoms. The van der Waals surface area contributed by atoms with Gasteiger partial charge in [0.05, 0.1) is 26.4 Å². The van der Waals surface area contributed by atoms with Crippen molar-refractivity contribution in [2.75, 3.05) is 26.4 Å². The van der Waals surface area contributed by atoms with Crippen LogP contribution in [0.1, 0.15) is 6.92 Å². The summed E-state index contributed by atoms with van der Waals surface area (Å²) in [6, 6.07) is 12.0. The van der Waals surface area contributed by atoms with Gasteiger partial charge in [0.25, 0.3) is 0 Å². The standard InChI is InChI=1S/C6H10O3.C6H6.C4H6O2/c1(5-3-8-5)7-2-6-4-9-6;1-2-4-6-5-3-1;1-3(2)4(5)6/h5-6H,1-4H2;1-6H;1H2,2H3,(H,5,6). The average Bonchev–Trinajstić information content (AvgIpc) is 3.37. The van der Waals surface area contributed by atoms with Crippen molar-refractivity contribution in [2.24, 2.45) is 0 Å². The predicted molar refractivity (Wildman–Crippen MR) is 79.2 cm³/mol. The first-order valence-electron chi connectivity index (χ1n) is 6.79. The van der Waals surface area contributed by atoms with Crippen molar-refractivity contribution >= 4 is 5.97 Å². The number of aliphatic carboxylic acids is 1. The van der Waals surface area contributed by atoms with Gasteiger partial charge in [-0.2, -0.15) is 0 Å². The van der Waals surface area contributed by atoms with E-state index in [1.165, 1.54) is 6.92 Å². The van der Waals surface area contributed by atoms with Crippen molar-refractivity contribution in [2.45, 2.75) is 19.1 Å². The zero-order valence-corrected chi connectivity index (χ0v) is 12.2. The van der Waals surface area contributed by atoms with Crippen LogP contribution in [0.4, 0.5) is 0 Å². The van der Waals surface area contributed by atoms with Crippen molar-refractivity contribution in [3.8, 4) is 0 Å². The first-order chi connectivity index (χ1) is 10.1. The molecule has 0 bridgehead atoms. The van der Waals surface area contributed by atoms with E-state index >= 15 is 0 Å². The Morgan fingerprint density at radius 3 is 1.57 bits per heavy atom. The summed E-state index contributed by atoms with van der Waals surface area (Å²) in [7, 11) is 0. The second kappa shape index (κ2) is 10.1. The quantitative estimate of drug-likeness (QED) is 0.665. The molecular weight excluding hydrogens is 272 g/mol. The fraction of sp³-hybridized carbons (Fsp3) is 0.438. The van der Waals surface area contributed by atoms with Crippen LogP contribution in [0.25, 0.3) is 0 Å². The number of ether oxygens (including phenoxy) is 3. The molecule has 116 valence electrons. The lowest BCUT2D eigenvalue weighted by molar-refractivity contribution is -0.132. The molecule has 2 heterocycles. The van der Waals surface area contributed by atoms with Crippen LogP contribution in [-0.2, 0) is 19.0 Å². The van der Waals surface area contributed by atoms with Gasteiger partial charge in [-0.25, -0.2) is 4.79 Å². The van der Waals surface area contributed by atoms with E-state index in [9.17, 15) is 4.79 Å². The molecule has 2 unspecified atom stereocenters. The van der Waals surface area contributed by atoms with Crippen LogP contribution in [0.5, 0.6) is 0 Å². The van der Waals surface area contributed by atoms with Gasteiger partial charge in [0.1, 0.15) is 12.2 Å². The smallest absolute Gasteiger partial charge is 0.330 e. The monoisotopic (exact) mass is 294 g/mol. The van der Waals surface area contributed by atoms with E-state index in [1.54, 1.807) is 0 Å². The Balaban J connectivity index is 0.000000164. The zero-order chi connectivity index (χ0) is 15.5. The lowest BCUT2D eigenvalue weighted by Crippen LogP contribution is -2.06. The summed E-state index contributed by atoms with van der Waals surface area (Å²) in [6.45, 7) is 7.86. The van der Waals surface area contributed by atoms with Crippen molar-refractivity contribution < 1.29 is 24.1 Å². The highest BCUT2D eigenvalue weighted by atomic mass is 16.6. The van der Waals surface area contributed by atoms with Crippen molar-refractivity contribution in [1.82, 2.24) is 0 Å². The summed E-state index contributed by atoms with van der Waals surface area (Å²) in [4.78, 5) is 9.60. The number of hydrogen-bond donors (Lipinski definition) is 1. The Hall–Kier alpha value is -1.69. The van der Waals surface area contributed by atoms with Gasteiger partial charge in [0, 0.05) is 5.57 Å². The first kappa shape index (κ1) is 17.4. The van der Waals surface area contributed by atoms with Gasteiger partial charge in [0.15, 0.2) is 0 Å². The van der Waals surface area contributed by atoms with E-state index in [4.69, 9.17) is 19.3 Å². The molecule has 1 aromatic rings. The highest BCUT2D eigenvalue weighted by molar-refractivity contribution is 5.84. The topological polar surface area (TPSA) is 71.6 Å². The maximum atomic E-state index is 9.60. The maximum Gasteiger partial charge on any atom is 0.330 e. The molecule has 2 fully saturated rings. The second-order valence-electron chi connectivity index (χ2n) is 4.69. The molecule has 2 aliphatic heterocycles. The maximum absolute atomic E-state index is 9.60. The number of hydrogen-bond acceptors (Lipinski definition) is 4. The minimum absolute atomic E-state index is 0.176. The number of rotatable bonds is 5. The summed E-state index contributed by atoms with van der Waals surface area (Å²) in [5, 5.41) is 7.89. The Bertz CT molecular complexity index is 359. The molecule has 2 atom stereocenters. The largest absolute Gasteiger partial charge is 0.478 e. The van der Waals surface area contributed by atoms with Crippen LogP contribution in [0.15, 0.2) is 48.6 Å². The van der Waals surface area contributed by atoms with Gasteiger partial charge in [-0.1, -0.05) is 43.0 Å². The van der Waals surface area contributed by atoms with Crippen molar-refractivity contribution in [3.63, 3.8) is 0 Å². The summed E-state index contributed by atoms with van der Waals surface area (Å²) in [6.07, 6.45) is 0.785. The minimum atomic E-state index is -0.935. The molecule has 1 N–H and O–H groups in total. The SMILES string of the molecule is C(OCC1CO1)C1CO1.C=C(C)C(=O)O.c1ccccc1. The Kier molecular flexibility index (Phi) is 8.35. The highest BCUT2D eigenvalue weighted by Crippen LogP contribution is 2.12. The van der Waals surface area contributed by atoms with E-state index in [1.807, 2.05) is 36.4 Å². The average molecular weight is 294 g/mol. The van der Waals surface area contributed by atoms with E-state index in [0.717, 1.165) is 26.4 Å². The summed E-state index contributed by atoms with van der Waals surface area (Å²) in [5.41, 5.74) is 0.176. The highest BCUT2D eigenvalue weighted by Gasteiger charge is 2.26. The molecule has 0 aromatic heterocycles. The number of carboxylic acids is 1. The third-order valence-electron chi connectivity index (χ3n) is 2.44. The molecule has 0 radical (unpaired) electrons. The van der Waals surface area contributed by atoms with Gasteiger partial charge in [0.2, 0.25) is 0 Å². The Morgan fingerprint density at radius 2 is 1.38 bits per heavy atom. The lowest BCUT2D eigenvalue weighted by Gasteiger charge is -1.95. The fourth-order valence-corrected chi connectivity index (χ4v) is 1.04. The van der Waals surface area contributed by atoms with Gasteiger partial charge in [-0.15, -0.1) is 0 Å². The van der Waals surface area contributed by atoms with Crippen LogP contribution >= 0.6 is 0 Å². The van der Waals surface area contributed by atoms with E-state index < -0.39 is 5.97 Å². The molecule has 5 nitrogen and oxygen atoms in total. The third kappa shape index (κ3) is 11.8. The van der Waals surface area contributed by atoms with Gasteiger partial charge in [-0.05, 0) is 6.92 Å². The number of carbonyl (C=O) groups is 1. The summed E-state index contributed by atoms with van der Waals surface area (Å²) < 4.78 is 15.1. The number of epoxide rings is 2. The first-order valence-corrected chi connectivity index (χ1v) is 6.79. The zero-order valence-electron chi connectivity index (χ0n) is 12.2. The molecule has 0 aliphatic carbocycles. The minimum Gasteiger partial charge on any atom is -0.478 e. The van der Waals surface area contributed by atoms with Gasteiger partial charge in [-0.3, -0.25) is 0 Å². The van der Waals surface area contributed by atoms with Crippen molar-refractivity contribution in [3.05, 3.63) is 48.6 Å². The van der Waals surface area contributed by atoms with Crippen LogP contribution < -0.4 is 0 Å². The lowest BCUT2D eigenvalue weighted by atomic mass is 10.4. The van der Waals surface area contributed by atoms with E-state index in [2.05, 4.69) is 6.58 Å². The summed E-state index contributed by atoms with van der Waals surface area (Å²) in [5.74, 6) is -0.935. The van der Waals surface area contributed by atoms with Crippen molar-refractivity contribution in [1.29, 1.82) is 0 Å². The molecular formula is C16H22O5. The molecule has 2 aliphatic rings. The number of benzene rings is 1. The molecule has 21 heavy (non-hydrogen) atoms. The normalized spacial score (nSPS) is 21.0.